The highest BCUT2D eigenvalue weighted by Crippen LogP contribution is 2.28. The van der Waals surface area contributed by atoms with Crippen molar-refractivity contribution < 1.29 is 0 Å². The first kappa shape index (κ1) is 13.8. The lowest BCUT2D eigenvalue weighted by atomic mass is 9.83. The van der Waals surface area contributed by atoms with Gasteiger partial charge in [-0.25, -0.2) is 0 Å². The molecule has 0 aromatic rings. The van der Waals surface area contributed by atoms with Crippen LogP contribution in [0.3, 0.4) is 0 Å². The fourth-order valence-electron chi connectivity index (χ4n) is 4.51. The van der Waals surface area contributed by atoms with Gasteiger partial charge in [-0.05, 0) is 45.2 Å². The molecule has 0 bridgehead atoms. The third-order valence-electron chi connectivity index (χ3n) is 5.72. The van der Waals surface area contributed by atoms with Crippen molar-refractivity contribution in [2.24, 2.45) is 5.92 Å². The Morgan fingerprint density at radius 1 is 1.00 bits per heavy atom. The van der Waals surface area contributed by atoms with E-state index in [1.165, 1.54) is 77.7 Å². The molecule has 0 amide bonds. The van der Waals surface area contributed by atoms with Crippen LogP contribution in [0, 0.1) is 5.92 Å². The Hall–Kier alpha value is -0.120. The highest BCUT2D eigenvalue weighted by atomic mass is 15.3. The quantitative estimate of drug-likeness (QED) is 0.838. The Bertz CT molecular complexity index is 275. The second-order valence-electron chi connectivity index (χ2n) is 6.88. The number of hydrogen-bond donors (Lipinski definition) is 1. The summed E-state index contributed by atoms with van der Waals surface area (Å²) >= 11 is 0. The fraction of sp³-hybridized carbons (Fsp3) is 1.00. The van der Waals surface area contributed by atoms with Crippen molar-refractivity contribution in [2.75, 3.05) is 39.8 Å². The zero-order chi connectivity index (χ0) is 13.1. The van der Waals surface area contributed by atoms with E-state index in [1.807, 2.05) is 0 Å². The minimum atomic E-state index is 0.730. The average molecular weight is 265 g/mol. The van der Waals surface area contributed by atoms with Crippen LogP contribution in [-0.4, -0.2) is 61.7 Å². The van der Waals surface area contributed by atoms with Crippen molar-refractivity contribution in [2.45, 2.75) is 57.0 Å². The van der Waals surface area contributed by atoms with Crippen LogP contribution in [0.4, 0.5) is 0 Å². The van der Waals surface area contributed by atoms with E-state index in [1.54, 1.807) is 0 Å². The number of hydrogen-bond acceptors (Lipinski definition) is 3. The predicted molar refractivity (Wildman–Crippen MR) is 80.5 cm³/mol. The molecule has 3 nitrogen and oxygen atoms in total. The van der Waals surface area contributed by atoms with Gasteiger partial charge in [0.2, 0.25) is 0 Å². The molecule has 2 aliphatic heterocycles. The molecule has 0 radical (unpaired) electrons. The van der Waals surface area contributed by atoms with E-state index in [-0.39, 0.29) is 0 Å². The number of likely N-dealkylation sites (N-methyl/N-ethyl adjacent to an activating group) is 1. The Morgan fingerprint density at radius 3 is 2.63 bits per heavy atom. The normalized spacial score (nSPS) is 32.4. The van der Waals surface area contributed by atoms with Crippen molar-refractivity contribution >= 4 is 0 Å². The maximum absolute atomic E-state index is 3.62. The molecule has 0 aromatic heterocycles. The van der Waals surface area contributed by atoms with Crippen LogP contribution in [0.25, 0.3) is 0 Å². The van der Waals surface area contributed by atoms with Gasteiger partial charge in [0.05, 0.1) is 0 Å². The van der Waals surface area contributed by atoms with Gasteiger partial charge in [-0.2, -0.15) is 0 Å². The summed E-state index contributed by atoms with van der Waals surface area (Å²) in [6, 6.07) is 1.60. The van der Waals surface area contributed by atoms with Crippen molar-refractivity contribution in [1.29, 1.82) is 0 Å². The number of fused-ring (bicyclic) bond motifs is 1. The van der Waals surface area contributed by atoms with Crippen LogP contribution < -0.4 is 5.32 Å². The molecule has 3 fully saturated rings. The zero-order valence-electron chi connectivity index (χ0n) is 12.6. The first-order valence-corrected chi connectivity index (χ1v) is 8.50. The van der Waals surface area contributed by atoms with Crippen LogP contribution >= 0.6 is 0 Å². The Labute approximate surface area is 118 Å². The SMILES string of the molecule is CNC(CN1CCN2CCCC2C1)C1CCCCC1. The minimum Gasteiger partial charge on any atom is -0.315 e. The molecule has 3 aliphatic rings. The summed E-state index contributed by atoms with van der Waals surface area (Å²) in [7, 11) is 2.17. The first-order chi connectivity index (χ1) is 9.36. The summed E-state index contributed by atoms with van der Waals surface area (Å²) in [5, 5.41) is 3.62. The van der Waals surface area contributed by atoms with E-state index in [0.29, 0.717) is 0 Å². The number of nitrogens with one attached hydrogen (secondary N) is 1. The van der Waals surface area contributed by atoms with Gasteiger partial charge in [0, 0.05) is 38.3 Å². The van der Waals surface area contributed by atoms with Crippen LogP contribution in [0.15, 0.2) is 0 Å². The lowest BCUT2D eigenvalue weighted by Crippen LogP contribution is -2.54. The smallest absolute Gasteiger partial charge is 0.0224 e. The van der Waals surface area contributed by atoms with Gasteiger partial charge in [-0.15, -0.1) is 0 Å². The van der Waals surface area contributed by atoms with Crippen LogP contribution in [0.5, 0.6) is 0 Å². The fourth-order valence-corrected chi connectivity index (χ4v) is 4.51. The summed E-state index contributed by atoms with van der Waals surface area (Å²) in [6.07, 6.45) is 10.1. The van der Waals surface area contributed by atoms with E-state index >= 15 is 0 Å². The van der Waals surface area contributed by atoms with Crippen LogP contribution in [-0.2, 0) is 0 Å². The summed E-state index contributed by atoms with van der Waals surface area (Å²) in [6.45, 7) is 6.57. The summed E-state index contributed by atoms with van der Waals surface area (Å²) < 4.78 is 0. The monoisotopic (exact) mass is 265 g/mol. The molecule has 2 atom stereocenters. The van der Waals surface area contributed by atoms with Crippen LogP contribution in [0.2, 0.25) is 0 Å². The van der Waals surface area contributed by atoms with Crippen LogP contribution in [0.1, 0.15) is 44.9 Å². The molecule has 2 unspecified atom stereocenters. The average Bonchev–Trinajstić information content (AvgIpc) is 2.93. The number of nitrogens with zero attached hydrogens (tertiary/aromatic N) is 2. The van der Waals surface area contributed by atoms with Crippen molar-refractivity contribution in [3.05, 3.63) is 0 Å². The minimum absolute atomic E-state index is 0.730. The second-order valence-corrected chi connectivity index (χ2v) is 6.88. The molecule has 0 spiro atoms. The van der Waals surface area contributed by atoms with Gasteiger partial charge in [0.15, 0.2) is 0 Å². The Balaban J connectivity index is 1.51. The van der Waals surface area contributed by atoms with E-state index in [9.17, 15) is 0 Å². The summed E-state index contributed by atoms with van der Waals surface area (Å²) in [5.41, 5.74) is 0. The molecule has 1 N–H and O–H groups in total. The van der Waals surface area contributed by atoms with Crippen molar-refractivity contribution in [3.63, 3.8) is 0 Å². The molecule has 3 heteroatoms. The standard InChI is InChI=1S/C16H31N3/c1-17-16(14-6-3-2-4-7-14)13-18-10-11-19-9-5-8-15(19)12-18/h14-17H,2-13H2,1H3. The van der Waals surface area contributed by atoms with E-state index in [0.717, 1.165) is 18.0 Å². The molecule has 0 aromatic carbocycles. The lowest BCUT2D eigenvalue weighted by Gasteiger charge is -2.41. The van der Waals surface area contributed by atoms with Gasteiger partial charge >= 0.3 is 0 Å². The predicted octanol–water partition coefficient (Wildman–Crippen LogP) is 1.93. The molecular weight excluding hydrogens is 234 g/mol. The third kappa shape index (κ3) is 3.32. The van der Waals surface area contributed by atoms with Gasteiger partial charge in [0.1, 0.15) is 0 Å². The van der Waals surface area contributed by atoms with Crippen molar-refractivity contribution in [3.8, 4) is 0 Å². The van der Waals surface area contributed by atoms with Gasteiger partial charge < -0.3 is 5.32 Å². The Kier molecular flexibility index (Phi) is 4.78. The number of rotatable bonds is 4. The molecule has 2 heterocycles. The van der Waals surface area contributed by atoms with Gasteiger partial charge in [-0.1, -0.05) is 19.3 Å². The maximum atomic E-state index is 3.62. The largest absolute Gasteiger partial charge is 0.315 e. The Morgan fingerprint density at radius 2 is 1.84 bits per heavy atom. The topological polar surface area (TPSA) is 18.5 Å². The van der Waals surface area contributed by atoms with E-state index in [2.05, 4.69) is 22.2 Å². The molecular formula is C16H31N3. The van der Waals surface area contributed by atoms with E-state index < -0.39 is 0 Å². The van der Waals surface area contributed by atoms with Crippen molar-refractivity contribution in [1.82, 2.24) is 15.1 Å². The molecule has 110 valence electrons. The second kappa shape index (κ2) is 6.55. The van der Waals surface area contributed by atoms with Gasteiger partial charge in [0.25, 0.3) is 0 Å². The third-order valence-corrected chi connectivity index (χ3v) is 5.72. The van der Waals surface area contributed by atoms with E-state index in [4.69, 9.17) is 0 Å². The first-order valence-electron chi connectivity index (χ1n) is 8.50. The molecule has 19 heavy (non-hydrogen) atoms. The number of piperazine rings is 1. The molecule has 3 rings (SSSR count). The molecule has 2 saturated heterocycles. The highest BCUT2D eigenvalue weighted by Gasteiger charge is 2.32. The molecule has 1 aliphatic carbocycles. The summed E-state index contributed by atoms with van der Waals surface area (Å²) in [4.78, 5) is 5.45. The maximum Gasteiger partial charge on any atom is 0.0224 e. The lowest BCUT2D eigenvalue weighted by molar-refractivity contribution is 0.0864. The summed E-state index contributed by atoms with van der Waals surface area (Å²) in [5.74, 6) is 0.931. The van der Waals surface area contributed by atoms with Gasteiger partial charge in [-0.3, -0.25) is 9.80 Å². The zero-order valence-corrected chi connectivity index (χ0v) is 12.6. The molecule has 1 saturated carbocycles. The highest BCUT2D eigenvalue weighted by molar-refractivity contribution is 4.89.